The lowest BCUT2D eigenvalue weighted by molar-refractivity contribution is 0.287. The van der Waals surface area contributed by atoms with Crippen LogP contribution in [-0.2, 0) is 10.8 Å². The third-order valence-electron chi connectivity index (χ3n) is 3.64. The second-order valence-electron chi connectivity index (χ2n) is 8.49. The molecule has 1 aliphatic heterocycles. The summed E-state index contributed by atoms with van der Waals surface area (Å²) in [6, 6.07) is 4.69. The summed E-state index contributed by atoms with van der Waals surface area (Å²) in [5, 5.41) is 0. The van der Waals surface area contributed by atoms with Gasteiger partial charge in [-0.25, -0.2) is 0 Å². The zero-order chi connectivity index (χ0) is 15.3. The van der Waals surface area contributed by atoms with Crippen LogP contribution in [-0.4, -0.2) is 11.4 Å². The van der Waals surface area contributed by atoms with E-state index < -0.39 is 0 Å². The van der Waals surface area contributed by atoms with Crippen molar-refractivity contribution in [3.05, 3.63) is 23.3 Å². The SMILES string of the molecule is CC(C)(C)Sc1cc(C(C)(C)C)cc2c1OCC2(C)C. The summed E-state index contributed by atoms with van der Waals surface area (Å²) in [5.41, 5.74) is 3.06. The van der Waals surface area contributed by atoms with Crippen LogP contribution in [0.2, 0.25) is 0 Å². The first-order valence-electron chi connectivity index (χ1n) is 7.41. The van der Waals surface area contributed by atoms with Gasteiger partial charge in [0.15, 0.2) is 0 Å². The van der Waals surface area contributed by atoms with Crippen LogP contribution in [0, 0.1) is 0 Å². The lowest BCUT2D eigenvalue weighted by atomic mass is 9.81. The van der Waals surface area contributed by atoms with Gasteiger partial charge in [-0.3, -0.25) is 0 Å². The average Bonchev–Trinajstić information content (AvgIpc) is 2.51. The standard InChI is InChI=1S/C18H28OS/c1-16(2,3)12-9-13-15(19-11-18(13,7)8)14(10-12)20-17(4,5)6/h9-10H,11H2,1-8H3. The largest absolute Gasteiger partial charge is 0.491 e. The van der Waals surface area contributed by atoms with Gasteiger partial charge < -0.3 is 4.74 Å². The van der Waals surface area contributed by atoms with E-state index in [1.165, 1.54) is 16.0 Å². The second-order valence-corrected chi connectivity index (χ2v) is 10.4. The molecule has 0 aromatic heterocycles. The van der Waals surface area contributed by atoms with E-state index >= 15 is 0 Å². The van der Waals surface area contributed by atoms with Crippen LogP contribution in [0.5, 0.6) is 5.75 Å². The van der Waals surface area contributed by atoms with Crippen molar-refractivity contribution >= 4 is 11.8 Å². The predicted octanol–water partition coefficient (Wildman–Crippen LogP) is 5.54. The molecule has 0 N–H and O–H groups in total. The molecular formula is C18H28OS. The van der Waals surface area contributed by atoms with Gasteiger partial charge in [-0.05, 0) is 17.0 Å². The molecule has 0 atom stereocenters. The normalized spacial score (nSPS) is 17.8. The third-order valence-corrected chi connectivity index (χ3v) is 4.78. The molecule has 0 saturated heterocycles. The van der Waals surface area contributed by atoms with E-state index in [1.54, 1.807) is 0 Å². The molecular weight excluding hydrogens is 264 g/mol. The zero-order valence-corrected chi connectivity index (χ0v) is 15.0. The summed E-state index contributed by atoms with van der Waals surface area (Å²) in [5.74, 6) is 1.11. The molecule has 0 amide bonds. The minimum Gasteiger partial charge on any atom is -0.491 e. The van der Waals surface area contributed by atoms with Crippen molar-refractivity contribution in [2.24, 2.45) is 0 Å². The first-order chi connectivity index (χ1) is 8.90. The van der Waals surface area contributed by atoms with Gasteiger partial charge in [-0.1, -0.05) is 61.5 Å². The van der Waals surface area contributed by atoms with E-state index in [0.717, 1.165) is 12.4 Å². The van der Waals surface area contributed by atoms with Gasteiger partial charge in [-0.15, -0.1) is 11.8 Å². The quantitative estimate of drug-likeness (QED) is 0.628. The van der Waals surface area contributed by atoms with Gasteiger partial charge in [0.2, 0.25) is 0 Å². The Hall–Kier alpha value is -0.630. The fraction of sp³-hybridized carbons (Fsp3) is 0.667. The van der Waals surface area contributed by atoms with E-state index in [4.69, 9.17) is 4.74 Å². The predicted molar refractivity (Wildman–Crippen MR) is 89.3 cm³/mol. The molecule has 1 heterocycles. The maximum absolute atomic E-state index is 6.04. The summed E-state index contributed by atoms with van der Waals surface area (Å²) < 4.78 is 6.23. The van der Waals surface area contributed by atoms with Crippen LogP contribution in [0.3, 0.4) is 0 Å². The van der Waals surface area contributed by atoms with Gasteiger partial charge in [0.1, 0.15) is 5.75 Å². The molecule has 20 heavy (non-hydrogen) atoms. The molecule has 1 aromatic carbocycles. The molecule has 2 heteroatoms. The summed E-state index contributed by atoms with van der Waals surface area (Å²) in [4.78, 5) is 1.30. The van der Waals surface area contributed by atoms with Crippen molar-refractivity contribution < 1.29 is 4.74 Å². The number of ether oxygens (including phenoxy) is 1. The third kappa shape index (κ3) is 3.16. The molecule has 1 aromatic rings. The van der Waals surface area contributed by atoms with Crippen molar-refractivity contribution in [1.82, 2.24) is 0 Å². The highest BCUT2D eigenvalue weighted by Crippen LogP contribution is 2.49. The van der Waals surface area contributed by atoms with Crippen molar-refractivity contribution in [3.63, 3.8) is 0 Å². The number of benzene rings is 1. The second kappa shape index (κ2) is 4.69. The number of fused-ring (bicyclic) bond motifs is 1. The van der Waals surface area contributed by atoms with Gasteiger partial charge >= 0.3 is 0 Å². The summed E-state index contributed by atoms with van der Waals surface area (Å²) >= 11 is 1.91. The minimum atomic E-state index is 0.115. The Labute approximate surface area is 128 Å². The van der Waals surface area contributed by atoms with Crippen LogP contribution in [0.1, 0.15) is 66.5 Å². The van der Waals surface area contributed by atoms with Crippen molar-refractivity contribution in [1.29, 1.82) is 0 Å². The zero-order valence-electron chi connectivity index (χ0n) is 14.2. The molecule has 2 rings (SSSR count). The maximum Gasteiger partial charge on any atom is 0.136 e. The van der Waals surface area contributed by atoms with Crippen molar-refractivity contribution in [2.45, 2.75) is 75.9 Å². The Kier molecular flexibility index (Phi) is 3.70. The van der Waals surface area contributed by atoms with Crippen LogP contribution in [0.15, 0.2) is 17.0 Å². The molecule has 0 spiro atoms. The summed E-state index contributed by atoms with van der Waals surface area (Å²) in [7, 11) is 0. The van der Waals surface area contributed by atoms with Crippen LogP contribution in [0.4, 0.5) is 0 Å². The smallest absolute Gasteiger partial charge is 0.136 e. The monoisotopic (exact) mass is 292 g/mol. The molecule has 0 radical (unpaired) electrons. The number of hydrogen-bond acceptors (Lipinski definition) is 2. The van der Waals surface area contributed by atoms with Gasteiger partial charge in [0, 0.05) is 15.7 Å². The highest BCUT2D eigenvalue weighted by molar-refractivity contribution is 8.00. The molecule has 0 saturated carbocycles. The topological polar surface area (TPSA) is 9.23 Å². The van der Waals surface area contributed by atoms with Gasteiger partial charge in [-0.2, -0.15) is 0 Å². The van der Waals surface area contributed by atoms with E-state index in [2.05, 4.69) is 67.5 Å². The molecule has 112 valence electrons. The average molecular weight is 292 g/mol. The van der Waals surface area contributed by atoms with E-state index in [-0.39, 0.29) is 15.6 Å². The molecule has 1 nitrogen and oxygen atoms in total. The molecule has 0 fully saturated rings. The lowest BCUT2D eigenvalue weighted by Gasteiger charge is -2.26. The van der Waals surface area contributed by atoms with Crippen LogP contribution in [0.25, 0.3) is 0 Å². The number of rotatable bonds is 1. The van der Waals surface area contributed by atoms with E-state index in [9.17, 15) is 0 Å². The van der Waals surface area contributed by atoms with Crippen LogP contribution < -0.4 is 4.74 Å². The Morgan fingerprint density at radius 3 is 2.15 bits per heavy atom. The summed E-state index contributed by atoms with van der Waals surface area (Å²) in [6.45, 7) is 19.0. The molecule has 0 bridgehead atoms. The van der Waals surface area contributed by atoms with E-state index in [1.807, 2.05) is 11.8 Å². The van der Waals surface area contributed by atoms with Crippen molar-refractivity contribution in [2.75, 3.05) is 6.61 Å². The summed E-state index contributed by atoms with van der Waals surface area (Å²) in [6.07, 6.45) is 0. The molecule has 0 aliphatic carbocycles. The van der Waals surface area contributed by atoms with Gasteiger partial charge in [0.25, 0.3) is 0 Å². The van der Waals surface area contributed by atoms with E-state index in [0.29, 0.717) is 0 Å². The Morgan fingerprint density at radius 2 is 1.65 bits per heavy atom. The Balaban J connectivity index is 2.60. The highest BCUT2D eigenvalue weighted by atomic mass is 32.2. The Bertz CT molecular complexity index is 515. The fourth-order valence-corrected chi connectivity index (χ4v) is 3.53. The molecule has 0 unspecified atom stereocenters. The lowest BCUT2D eigenvalue weighted by Crippen LogP contribution is -2.19. The maximum atomic E-state index is 6.04. The number of thioether (sulfide) groups is 1. The molecule has 1 aliphatic rings. The van der Waals surface area contributed by atoms with Crippen molar-refractivity contribution in [3.8, 4) is 5.75 Å². The Morgan fingerprint density at radius 1 is 1.05 bits per heavy atom. The van der Waals surface area contributed by atoms with Crippen LogP contribution >= 0.6 is 11.8 Å². The highest BCUT2D eigenvalue weighted by Gasteiger charge is 2.36. The van der Waals surface area contributed by atoms with Gasteiger partial charge in [0.05, 0.1) is 11.5 Å². The first kappa shape index (κ1) is 15.8. The first-order valence-corrected chi connectivity index (χ1v) is 8.23. The number of hydrogen-bond donors (Lipinski definition) is 0. The minimum absolute atomic E-state index is 0.115. The fourth-order valence-electron chi connectivity index (χ4n) is 2.42.